The Bertz CT molecular complexity index is 893. The molecular weight excluding hydrogens is 313 g/mol. The molecule has 2 heterocycles. The van der Waals surface area contributed by atoms with Crippen molar-refractivity contribution in [3.8, 4) is 0 Å². The summed E-state index contributed by atoms with van der Waals surface area (Å²) < 4.78 is 20.2. The molecule has 1 N–H and O–H groups in total. The van der Waals surface area contributed by atoms with Crippen LogP contribution in [0.2, 0.25) is 0 Å². The van der Waals surface area contributed by atoms with Gasteiger partial charge in [-0.3, -0.25) is 0 Å². The first kappa shape index (κ1) is 15.9. The molecule has 24 heavy (non-hydrogen) atoms. The second-order valence-corrected chi connectivity index (χ2v) is 5.11. The van der Waals surface area contributed by atoms with Gasteiger partial charge < -0.3 is 10.1 Å². The molecule has 8 heteroatoms. The first-order valence-electron chi connectivity index (χ1n) is 7.42. The Morgan fingerprint density at radius 2 is 2.21 bits per heavy atom. The van der Waals surface area contributed by atoms with E-state index in [4.69, 9.17) is 0 Å². The number of methoxy groups -OCH3 is 1. The molecule has 3 rings (SSSR count). The maximum absolute atomic E-state index is 14.0. The van der Waals surface area contributed by atoms with E-state index >= 15 is 0 Å². The average molecular weight is 329 g/mol. The lowest BCUT2D eigenvalue weighted by Gasteiger charge is -2.11. The maximum Gasteiger partial charge on any atom is 0.337 e. The number of anilines is 1. The van der Waals surface area contributed by atoms with Gasteiger partial charge in [0.05, 0.1) is 12.7 Å². The van der Waals surface area contributed by atoms with Crippen molar-refractivity contribution in [2.45, 2.75) is 19.9 Å². The third kappa shape index (κ3) is 3.03. The number of rotatable bonds is 5. The van der Waals surface area contributed by atoms with Crippen LogP contribution >= 0.6 is 0 Å². The van der Waals surface area contributed by atoms with Crippen molar-refractivity contribution in [2.24, 2.45) is 0 Å². The van der Waals surface area contributed by atoms with Crippen LogP contribution in [0.1, 0.15) is 28.5 Å². The molecule has 0 saturated heterocycles. The third-order valence-electron chi connectivity index (χ3n) is 3.59. The monoisotopic (exact) mass is 329 g/mol. The van der Waals surface area contributed by atoms with Crippen molar-refractivity contribution >= 4 is 17.6 Å². The average Bonchev–Trinajstić information content (AvgIpc) is 3.08. The first-order chi connectivity index (χ1) is 11.6. The number of hydrogen-bond donors (Lipinski definition) is 1. The summed E-state index contributed by atoms with van der Waals surface area (Å²) in [7, 11) is 1.29. The molecule has 0 aliphatic rings. The number of benzene rings is 1. The number of fused-ring (bicyclic) bond motifs is 1. The Morgan fingerprint density at radius 3 is 2.96 bits per heavy atom. The summed E-state index contributed by atoms with van der Waals surface area (Å²) in [6, 6.07) is 5.94. The van der Waals surface area contributed by atoms with E-state index in [1.807, 2.05) is 13.0 Å². The minimum atomic E-state index is -0.507. The van der Waals surface area contributed by atoms with Gasteiger partial charge in [0.15, 0.2) is 0 Å². The number of ether oxygens (including phenoxy) is 1. The Morgan fingerprint density at radius 1 is 1.38 bits per heavy atom. The molecule has 3 aromatic rings. The van der Waals surface area contributed by atoms with Crippen molar-refractivity contribution in [3.63, 3.8) is 0 Å². The molecule has 0 fully saturated rings. The van der Waals surface area contributed by atoms with Gasteiger partial charge in [0.2, 0.25) is 0 Å². The van der Waals surface area contributed by atoms with Crippen LogP contribution in [0.3, 0.4) is 0 Å². The van der Waals surface area contributed by atoms with Crippen LogP contribution in [-0.4, -0.2) is 32.7 Å². The van der Waals surface area contributed by atoms with E-state index in [1.54, 1.807) is 4.52 Å². The summed E-state index contributed by atoms with van der Waals surface area (Å²) in [6.45, 7) is 2.16. The van der Waals surface area contributed by atoms with Gasteiger partial charge in [-0.2, -0.15) is 14.6 Å². The largest absolute Gasteiger partial charge is 0.465 e. The SMILES string of the molecule is CCc1cc(NCc2cc(C(=O)OC)ccc2F)n2ncnc2n1. The summed E-state index contributed by atoms with van der Waals surface area (Å²) in [6.07, 6.45) is 2.15. The number of aromatic nitrogens is 4. The number of aryl methyl sites for hydroxylation is 1. The number of esters is 1. The highest BCUT2D eigenvalue weighted by Crippen LogP contribution is 2.16. The standard InChI is InChI=1S/C16H16FN5O2/c1-3-12-7-14(22-16(21-12)19-9-20-22)18-8-11-6-10(15(23)24-2)4-5-13(11)17/h4-7,9,18H,3,8H2,1-2H3. The molecule has 0 radical (unpaired) electrons. The Labute approximate surface area is 137 Å². The van der Waals surface area contributed by atoms with Crippen molar-refractivity contribution < 1.29 is 13.9 Å². The van der Waals surface area contributed by atoms with Crippen LogP contribution in [-0.2, 0) is 17.7 Å². The van der Waals surface area contributed by atoms with Crippen LogP contribution in [0, 0.1) is 5.82 Å². The summed E-state index contributed by atoms with van der Waals surface area (Å²) in [4.78, 5) is 20.0. The van der Waals surface area contributed by atoms with E-state index in [9.17, 15) is 9.18 Å². The molecule has 2 aromatic heterocycles. The molecule has 1 aromatic carbocycles. The van der Waals surface area contributed by atoms with Crippen molar-refractivity contribution in [1.29, 1.82) is 0 Å². The summed E-state index contributed by atoms with van der Waals surface area (Å²) in [5, 5.41) is 7.22. The fraction of sp³-hybridized carbons (Fsp3) is 0.250. The van der Waals surface area contributed by atoms with E-state index in [0.717, 1.165) is 12.1 Å². The summed E-state index contributed by atoms with van der Waals surface area (Å²) in [5.74, 6) is 0.208. The van der Waals surface area contributed by atoms with E-state index in [0.29, 0.717) is 22.7 Å². The van der Waals surface area contributed by atoms with Crippen LogP contribution in [0.4, 0.5) is 10.2 Å². The van der Waals surface area contributed by atoms with E-state index in [-0.39, 0.29) is 6.54 Å². The Balaban J connectivity index is 1.88. The Kier molecular flexibility index (Phi) is 4.37. The summed E-state index contributed by atoms with van der Waals surface area (Å²) in [5.41, 5.74) is 1.49. The van der Waals surface area contributed by atoms with Gasteiger partial charge in [0.25, 0.3) is 5.78 Å². The maximum atomic E-state index is 14.0. The fourth-order valence-corrected chi connectivity index (χ4v) is 2.31. The third-order valence-corrected chi connectivity index (χ3v) is 3.59. The number of nitrogens with zero attached hydrogens (tertiary/aromatic N) is 4. The fourth-order valence-electron chi connectivity index (χ4n) is 2.31. The Hall–Kier alpha value is -3.03. The lowest BCUT2D eigenvalue weighted by atomic mass is 10.1. The predicted molar refractivity (Wildman–Crippen MR) is 85.2 cm³/mol. The molecular formula is C16H16FN5O2. The lowest BCUT2D eigenvalue weighted by Crippen LogP contribution is -2.10. The normalized spacial score (nSPS) is 10.8. The van der Waals surface area contributed by atoms with Crippen molar-refractivity contribution in [3.05, 3.63) is 53.2 Å². The van der Waals surface area contributed by atoms with Gasteiger partial charge in [0, 0.05) is 23.9 Å². The molecule has 0 bridgehead atoms. The zero-order valence-corrected chi connectivity index (χ0v) is 13.3. The number of carbonyl (C=O) groups is 1. The smallest absolute Gasteiger partial charge is 0.337 e. The second-order valence-electron chi connectivity index (χ2n) is 5.11. The minimum Gasteiger partial charge on any atom is -0.465 e. The highest BCUT2D eigenvalue weighted by Gasteiger charge is 2.11. The number of hydrogen-bond acceptors (Lipinski definition) is 6. The zero-order valence-electron chi connectivity index (χ0n) is 13.3. The highest BCUT2D eigenvalue weighted by atomic mass is 19.1. The van der Waals surface area contributed by atoms with Gasteiger partial charge in [-0.1, -0.05) is 6.92 Å². The first-order valence-corrected chi connectivity index (χ1v) is 7.42. The van der Waals surface area contributed by atoms with Gasteiger partial charge in [0.1, 0.15) is 18.0 Å². The van der Waals surface area contributed by atoms with Crippen LogP contribution in [0.5, 0.6) is 0 Å². The molecule has 0 amide bonds. The molecule has 124 valence electrons. The minimum absolute atomic E-state index is 0.179. The molecule has 0 atom stereocenters. The van der Waals surface area contributed by atoms with E-state index in [1.165, 1.54) is 31.6 Å². The van der Waals surface area contributed by atoms with Gasteiger partial charge in [-0.25, -0.2) is 14.2 Å². The van der Waals surface area contributed by atoms with E-state index < -0.39 is 11.8 Å². The molecule has 0 aliphatic heterocycles. The van der Waals surface area contributed by atoms with Crippen LogP contribution < -0.4 is 5.32 Å². The zero-order chi connectivity index (χ0) is 17.1. The molecule has 7 nitrogen and oxygen atoms in total. The number of halogens is 1. The number of nitrogens with one attached hydrogen (secondary N) is 1. The molecule has 0 unspecified atom stereocenters. The van der Waals surface area contributed by atoms with Crippen LogP contribution in [0.15, 0.2) is 30.6 Å². The van der Waals surface area contributed by atoms with Gasteiger partial charge in [-0.15, -0.1) is 0 Å². The molecule has 0 saturated carbocycles. The summed E-state index contributed by atoms with van der Waals surface area (Å²) >= 11 is 0. The quantitative estimate of drug-likeness (QED) is 0.723. The topological polar surface area (TPSA) is 81.4 Å². The second kappa shape index (κ2) is 6.61. The van der Waals surface area contributed by atoms with Gasteiger partial charge >= 0.3 is 5.97 Å². The molecule has 0 aliphatic carbocycles. The van der Waals surface area contributed by atoms with E-state index in [2.05, 4.69) is 25.1 Å². The highest BCUT2D eigenvalue weighted by molar-refractivity contribution is 5.89. The predicted octanol–water partition coefficient (Wildman–Crippen LogP) is 2.22. The van der Waals surface area contributed by atoms with Crippen molar-refractivity contribution in [2.75, 3.05) is 12.4 Å². The molecule has 0 spiro atoms. The van der Waals surface area contributed by atoms with Crippen LogP contribution in [0.25, 0.3) is 5.78 Å². The lowest BCUT2D eigenvalue weighted by molar-refractivity contribution is 0.0600. The van der Waals surface area contributed by atoms with Gasteiger partial charge in [-0.05, 0) is 24.6 Å². The van der Waals surface area contributed by atoms with Crippen molar-refractivity contribution in [1.82, 2.24) is 19.6 Å². The number of carbonyl (C=O) groups excluding carboxylic acids is 1.